The average Bonchev–Trinajstić information content (AvgIpc) is 2.01. The molecule has 0 radical (unpaired) electrons. The summed E-state index contributed by atoms with van der Waals surface area (Å²) in [5.74, 6) is 0. The summed E-state index contributed by atoms with van der Waals surface area (Å²) in [4.78, 5) is 2.11. The van der Waals surface area contributed by atoms with Crippen molar-refractivity contribution in [2.75, 3.05) is 19.6 Å². The predicted molar refractivity (Wildman–Crippen MR) is 47.1 cm³/mol. The zero-order valence-electron chi connectivity index (χ0n) is 6.79. The Morgan fingerprint density at radius 3 is 2.18 bits per heavy atom. The minimum Gasteiger partial charge on any atom is -0.295 e. The van der Waals surface area contributed by atoms with Crippen molar-refractivity contribution < 1.29 is 0 Å². The second-order valence-corrected chi connectivity index (χ2v) is 2.25. The largest absolute Gasteiger partial charge is 0.295 e. The summed E-state index contributed by atoms with van der Waals surface area (Å²) in [6, 6.07) is 2.10. The fourth-order valence-corrected chi connectivity index (χ4v) is 0.830. The smallest absolute Gasteiger partial charge is 0.0635 e. The van der Waals surface area contributed by atoms with Crippen LogP contribution in [-0.4, -0.2) is 24.5 Å². The van der Waals surface area contributed by atoms with Gasteiger partial charge in [-0.3, -0.25) is 4.90 Å². The fraction of sp³-hybridized carbons (Fsp3) is 0.444. The molecule has 0 atom stereocenters. The summed E-state index contributed by atoms with van der Waals surface area (Å²) in [5, 5.41) is 8.32. The topological polar surface area (TPSA) is 27.0 Å². The van der Waals surface area contributed by atoms with Crippen LogP contribution in [0.5, 0.6) is 0 Å². The Morgan fingerprint density at radius 1 is 1.27 bits per heavy atom. The highest BCUT2D eigenvalue weighted by molar-refractivity contribution is 4.82. The SMILES string of the molecule is C=CCN(CC=C)CCC#N. The maximum absolute atomic E-state index is 8.32. The van der Waals surface area contributed by atoms with Crippen LogP contribution in [0.3, 0.4) is 0 Å². The number of hydrogen-bond acceptors (Lipinski definition) is 2. The molecule has 0 rings (SSSR count). The van der Waals surface area contributed by atoms with Gasteiger partial charge in [-0.2, -0.15) is 5.26 Å². The lowest BCUT2D eigenvalue weighted by Crippen LogP contribution is -2.24. The Hall–Kier alpha value is -1.07. The van der Waals surface area contributed by atoms with Gasteiger partial charge in [0.05, 0.1) is 6.07 Å². The van der Waals surface area contributed by atoms with Gasteiger partial charge in [0.1, 0.15) is 0 Å². The van der Waals surface area contributed by atoms with Gasteiger partial charge in [-0.1, -0.05) is 12.2 Å². The molecular weight excluding hydrogens is 136 g/mol. The fourth-order valence-electron chi connectivity index (χ4n) is 0.830. The van der Waals surface area contributed by atoms with E-state index in [-0.39, 0.29) is 0 Å². The molecule has 0 spiro atoms. The monoisotopic (exact) mass is 150 g/mol. The van der Waals surface area contributed by atoms with Crippen LogP contribution in [0.1, 0.15) is 6.42 Å². The number of hydrogen-bond donors (Lipinski definition) is 0. The molecule has 2 heteroatoms. The first-order valence-corrected chi connectivity index (χ1v) is 3.66. The molecule has 0 saturated carbocycles. The van der Waals surface area contributed by atoms with Gasteiger partial charge in [0.25, 0.3) is 0 Å². The first-order valence-electron chi connectivity index (χ1n) is 3.66. The Labute approximate surface area is 68.4 Å². The summed E-state index contributed by atoms with van der Waals surface area (Å²) in [6.07, 6.45) is 4.24. The van der Waals surface area contributed by atoms with Gasteiger partial charge in [0.2, 0.25) is 0 Å². The van der Waals surface area contributed by atoms with Crippen molar-refractivity contribution in [1.82, 2.24) is 4.90 Å². The Morgan fingerprint density at radius 2 is 1.82 bits per heavy atom. The molecule has 0 amide bonds. The lowest BCUT2D eigenvalue weighted by atomic mass is 10.4. The Bertz CT molecular complexity index is 145. The van der Waals surface area contributed by atoms with Gasteiger partial charge in [-0.05, 0) is 0 Å². The summed E-state index contributed by atoms with van der Waals surface area (Å²) < 4.78 is 0. The molecule has 0 bridgehead atoms. The quantitative estimate of drug-likeness (QED) is 0.537. The molecule has 0 aromatic carbocycles. The van der Waals surface area contributed by atoms with E-state index in [1.165, 1.54) is 0 Å². The molecule has 0 aliphatic carbocycles. The van der Waals surface area contributed by atoms with Gasteiger partial charge in [0, 0.05) is 26.1 Å². The Balaban J connectivity index is 3.60. The molecular formula is C9H14N2. The van der Waals surface area contributed by atoms with E-state index in [4.69, 9.17) is 5.26 Å². The highest BCUT2D eigenvalue weighted by Gasteiger charge is 1.97. The zero-order valence-corrected chi connectivity index (χ0v) is 6.79. The van der Waals surface area contributed by atoms with E-state index in [1.807, 2.05) is 12.2 Å². The molecule has 0 aromatic rings. The van der Waals surface area contributed by atoms with Crippen molar-refractivity contribution in [3.63, 3.8) is 0 Å². The molecule has 0 N–H and O–H groups in total. The molecule has 0 aromatic heterocycles. The van der Waals surface area contributed by atoms with E-state index in [1.54, 1.807) is 0 Å². The summed E-state index contributed by atoms with van der Waals surface area (Å²) in [5.41, 5.74) is 0. The average molecular weight is 150 g/mol. The van der Waals surface area contributed by atoms with Crippen LogP contribution in [0.15, 0.2) is 25.3 Å². The molecule has 2 nitrogen and oxygen atoms in total. The third kappa shape index (κ3) is 5.38. The van der Waals surface area contributed by atoms with Gasteiger partial charge in [-0.25, -0.2) is 0 Å². The minimum atomic E-state index is 0.571. The van der Waals surface area contributed by atoms with Crippen molar-refractivity contribution in [3.05, 3.63) is 25.3 Å². The van der Waals surface area contributed by atoms with Crippen LogP contribution in [0.2, 0.25) is 0 Å². The third-order valence-electron chi connectivity index (χ3n) is 1.31. The van der Waals surface area contributed by atoms with Crippen molar-refractivity contribution in [3.8, 4) is 6.07 Å². The normalized spacial score (nSPS) is 9.09. The van der Waals surface area contributed by atoms with Crippen molar-refractivity contribution in [1.29, 1.82) is 5.26 Å². The van der Waals surface area contributed by atoms with Crippen LogP contribution in [0.4, 0.5) is 0 Å². The van der Waals surface area contributed by atoms with E-state index in [0.29, 0.717) is 6.42 Å². The van der Waals surface area contributed by atoms with Crippen molar-refractivity contribution in [2.24, 2.45) is 0 Å². The first kappa shape index (κ1) is 9.93. The lowest BCUT2D eigenvalue weighted by molar-refractivity contribution is 0.344. The highest BCUT2D eigenvalue weighted by Crippen LogP contribution is 1.90. The zero-order chi connectivity index (χ0) is 8.53. The van der Waals surface area contributed by atoms with Crippen molar-refractivity contribution >= 4 is 0 Å². The van der Waals surface area contributed by atoms with Crippen molar-refractivity contribution in [2.45, 2.75) is 6.42 Å². The van der Waals surface area contributed by atoms with Crippen LogP contribution in [0.25, 0.3) is 0 Å². The first-order chi connectivity index (χ1) is 5.35. The summed E-state index contributed by atoms with van der Waals surface area (Å²) >= 11 is 0. The van der Waals surface area contributed by atoms with Crippen LogP contribution < -0.4 is 0 Å². The van der Waals surface area contributed by atoms with Crippen LogP contribution in [-0.2, 0) is 0 Å². The lowest BCUT2D eigenvalue weighted by Gasteiger charge is -2.15. The minimum absolute atomic E-state index is 0.571. The second kappa shape index (κ2) is 7.04. The van der Waals surface area contributed by atoms with E-state index >= 15 is 0 Å². The van der Waals surface area contributed by atoms with Crippen LogP contribution >= 0.6 is 0 Å². The van der Waals surface area contributed by atoms with Gasteiger partial charge >= 0.3 is 0 Å². The van der Waals surface area contributed by atoms with Gasteiger partial charge in [-0.15, -0.1) is 13.2 Å². The molecule has 0 saturated heterocycles. The van der Waals surface area contributed by atoms with E-state index < -0.39 is 0 Å². The molecule has 0 fully saturated rings. The molecule has 11 heavy (non-hydrogen) atoms. The van der Waals surface area contributed by atoms with E-state index in [2.05, 4.69) is 24.1 Å². The number of nitrogens with zero attached hydrogens (tertiary/aromatic N) is 2. The van der Waals surface area contributed by atoms with Gasteiger partial charge < -0.3 is 0 Å². The number of rotatable bonds is 6. The predicted octanol–water partition coefficient (Wildman–Crippen LogP) is 1.57. The summed E-state index contributed by atoms with van der Waals surface area (Å²) in [7, 11) is 0. The van der Waals surface area contributed by atoms with E-state index in [9.17, 15) is 0 Å². The Kier molecular flexibility index (Phi) is 6.36. The standard InChI is InChI=1S/C9H14N2/c1-3-7-11(8-4-2)9-5-6-10/h3-4H,1-2,5,7-9H2. The molecule has 0 heterocycles. The maximum Gasteiger partial charge on any atom is 0.0635 e. The molecule has 0 aliphatic rings. The summed E-state index contributed by atoms with van der Waals surface area (Å²) in [6.45, 7) is 9.72. The molecule has 0 unspecified atom stereocenters. The van der Waals surface area contributed by atoms with E-state index in [0.717, 1.165) is 19.6 Å². The number of nitriles is 1. The second-order valence-electron chi connectivity index (χ2n) is 2.25. The van der Waals surface area contributed by atoms with Crippen LogP contribution in [0, 0.1) is 11.3 Å². The highest BCUT2D eigenvalue weighted by atomic mass is 15.1. The maximum atomic E-state index is 8.32. The molecule has 0 aliphatic heterocycles. The third-order valence-corrected chi connectivity index (χ3v) is 1.31. The molecule has 60 valence electrons. The van der Waals surface area contributed by atoms with Gasteiger partial charge in [0.15, 0.2) is 0 Å².